The number of aromatic nitrogens is 2. The predicted octanol–water partition coefficient (Wildman–Crippen LogP) is 7.29. The maximum Gasteiger partial charge on any atom is 0.237 e. The molecule has 5 rings (SSSR count). The summed E-state index contributed by atoms with van der Waals surface area (Å²) >= 11 is 1.23. The Morgan fingerprint density at radius 1 is 0.884 bits per heavy atom. The van der Waals surface area contributed by atoms with Crippen molar-refractivity contribution in [2.45, 2.75) is 24.1 Å². The summed E-state index contributed by atoms with van der Waals surface area (Å²) in [6, 6.07) is 27.0. The number of aryl methyl sites for hydroxylation is 1. The molecule has 0 bridgehead atoms. The van der Waals surface area contributed by atoms with Gasteiger partial charge in [0.05, 0.1) is 49.0 Å². The van der Waals surface area contributed by atoms with Gasteiger partial charge in [-0.15, -0.1) is 0 Å². The first-order chi connectivity index (χ1) is 20.9. The molecule has 1 amide bonds. The van der Waals surface area contributed by atoms with E-state index in [-0.39, 0.29) is 5.91 Å². The highest BCUT2D eigenvalue weighted by atomic mass is 32.2. The Hall–Kier alpha value is -5.07. The van der Waals surface area contributed by atoms with Gasteiger partial charge >= 0.3 is 0 Å². The summed E-state index contributed by atoms with van der Waals surface area (Å²) in [7, 11) is 4.63. The van der Waals surface area contributed by atoms with E-state index in [4.69, 9.17) is 19.2 Å². The summed E-state index contributed by atoms with van der Waals surface area (Å²) in [6.45, 7) is 3.69. The van der Waals surface area contributed by atoms with Crippen LogP contribution < -0.4 is 19.5 Å². The third-order valence-corrected chi connectivity index (χ3v) is 7.99. The van der Waals surface area contributed by atoms with Gasteiger partial charge in [0.1, 0.15) is 11.1 Å². The zero-order chi connectivity index (χ0) is 30.5. The highest BCUT2D eigenvalue weighted by molar-refractivity contribution is 8.00. The Balaban J connectivity index is 1.58. The summed E-state index contributed by atoms with van der Waals surface area (Å²) in [5.41, 5.74) is 5.47. The van der Waals surface area contributed by atoms with Crippen LogP contribution in [0.5, 0.6) is 17.2 Å². The van der Waals surface area contributed by atoms with Crippen molar-refractivity contribution < 1.29 is 19.0 Å². The highest BCUT2D eigenvalue weighted by Gasteiger charge is 2.24. The van der Waals surface area contributed by atoms with Gasteiger partial charge in [-0.25, -0.2) is 4.98 Å². The van der Waals surface area contributed by atoms with Crippen LogP contribution in [0.2, 0.25) is 0 Å². The molecule has 8 nitrogen and oxygen atoms in total. The lowest BCUT2D eigenvalue weighted by atomic mass is 9.98. The standard InChI is InChI=1S/C34H30N4O4S/c1-20-15-29(24-13-9-10-14-27(24)36-20)37-33(39)21(2)43-34-26(19-35)25(18-28(38-34)22-11-7-6-8-12-22)23-16-30(40-3)32(42-5)31(17-23)41-4/h6-18,21H,1-5H3,(H,36,37,39). The van der Waals surface area contributed by atoms with E-state index >= 15 is 0 Å². The molecule has 9 heteroatoms. The predicted molar refractivity (Wildman–Crippen MR) is 170 cm³/mol. The minimum absolute atomic E-state index is 0.217. The van der Waals surface area contributed by atoms with Crippen LogP contribution in [-0.4, -0.2) is 42.5 Å². The number of pyridine rings is 2. The number of carbonyl (C=O) groups excluding carboxylic acids is 1. The fraction of sp³-hybridized carbons (Fsp3) is 0.176. The maximum atomic E-state index is 13.5. The maximum absolute atomic E-state index is 13.5. The van der Waals surface area contributed by atoms with Gasteiger partial charge in [0.15, 0.2) is 11.5 Å². The Morgan fingerprint density at radius 2 is 1.56 bits per heavy atom. The van der Waals surface area contributed by atoms with Crippen molar-refractivity contribution >= 4 is 34.3 Å². The van der Waals surface area contributed by atoms with Gasteiger partial charge in [0.2, 0.25) is 11.7 Å². The molecule has 216 valence electrons. The van der Waals surface area contributed by atoms with Crippen LogP contribution in [0.4, 0.5) is 5.69 Å². The van der Waals surface area contributed by atoms with Crippen LogP contribution in [0.1, 0.15) is 18.2 Å². The van der Waals surface area contributed by atoms with Crippen LogP contribution in [0.3, 0.4) is 0 Å². The topological polar surface area (TPSA) is 106 Å². The van der Waals surface area contributed by atoms with E-state index in [1.165, 1.54) is 18.9 Å². The largest absolute Gasteiger partial charge is 0.493 e. The van der Waals surface area contributed by atoms with Gasteiger partial charge in [-0.1, -0.05) is 60.3 Å². The average Bonchev–Trinajstić information content (AvgIpc) is 3.03. The van der Waals surface area contributed by atoms with Crippen LogP contribution in [0.15, 0.2) is 83.9 Å². The number of benzene rings is 3. The molecule has 43 heavy (non-hydrogen) atoms. The Bertz CT molecular complexity index is 1830. The molecule has 2 heterocycles. The molecule has 0 aliphatic rings. The molecule has 1 unspecified atom stereocenters. The number of rotatable bonds is 9. The molecule has 5 aromatic rings. The quantitative estimate of drug-likeness (QED) is 0.178. The average molecular weight is 591 g/mol. The van der Waals surface area contributed by atoms with Crippen molar-refractivity contribution in [3.63, 3.8) is 0 Å². The van der Waals surface area contributed by atoms with Crippen molar-refractivity contribution in [2.24, 2.45) is 0 Å². The molecular formula is C34H30N4O4S. The number of nitrogens with zero attached hydrogens (tertiary/aromatic N) is 3. The number of nitriles is 1. The number of amides is 1. The van der Waals surface area contributed by atoms with E-state index in [0.717, 1.165) is 22.2 Å². The van der Waals surface area contributed by atoms with E-state index in [9.17, 15) is 10.1 Å². The minimum Gasteiger partial charge on any atom is -0.493 e. The van der Waals surface area contributed by atoms with Crippen molar-refractivity contribution in [1.29, 1.82) is 5.26 Å². The lowest BCUT2D eigenvalue weighted by molar-refractivity contribution is -0.115. The van der Waals surface area contributed by atoms with Gasteiger partial charge in [-0.3, -0.25) is 9.78 Å². The molecule has 2 aromatic heterocycles. The summed E-state index contributed by atoms with van der Waals surface area (Å²) in [5, 5.41) is 14.2. The molecule has 0 radical (unpaired) electrons. The Labute approximate surface area is 254 Å². The number of nitrogens with one attached hydrogen (secondary N) is 1. The van der Waals surface area contributed by atoms with Gasteiger partial charge in [-0.2, -0.15) is 5.26 Å². The van der Waals surface area contributed by atoms with Crippen molar-refractivity contribution in [2.75, 3.05) is 26.6 Å². The SMILES string of the molecule is COc1cc(-c2cc(-c3ccccc3)nc(SC(C)C(=O)Nc3cc(C)nc4ccccc34)c2C#N)cc(OC)c1OC. The van der Waals surface area contributed by atoms with E-state index in [2.05, 4.69) is 16.4 Å². The molecule has 0 saturated heterocycles. The molecule has 3 aromatic carbocycles. The molecule has 0 aliphatic heterocycles. The second-order valence-electron chi connectivity index (χ2n) is 9.70. The number of thioether (sulfide) groups is 1. The first-order valence-corrected chi connectivity index (χ1v) is 14.4. The van der Waals surface area contributed by atoms with E-state index in [0.29, 0.717) is 50.3 Å². The van der Waals surface area contributed by atoms with Gasteiger partial charge in [0.25, 0.3) is 0 Å². The Morgan fingerprint density at radius 3 is 2.21 bits per heavy atom. The number of para-hydroxylation sites is 1. The third-order valence-electron chi connectivity index (χ3n) is 6.90. The number of ether oxygens (including phenoxy) is 3. The molecule has 1 N–H and O–H groups in total. The lowest BCUT2D eigenvalue weighted by Crippen LogP contribution is -2.23. The number of hydrogen-bond donors (Lipinski definition) is 1. The second-order valence-corrected chi connectivity index (χ2v) is 11.0. The van der Waals surface area contributed by atoms with Crippen molar-refractivity contribution in [3.8, 4) is 45.7 Å². The normalized spacial score (nSPS) is 11.4. The van der Waals surface area contributed by atoms with Crippen LogP contribution in [-0.2, 0) is 4.79 Å². The fourth-order valence-corrected chi connectivity index (χ4v) is 5.73. The van der Waals surface area contributed by atoms with Gasteiger partial charge < -0.3 is 19.5 Å². The van der Waals surface area contributed by atoms with Crippen LogP contribution in [0, 0.1) is 18.3 Å². The minimum atomic E-state index is -0.578. The smallest absolute Gasteiger partial charge is 0.237 e. The van der Waals surface area contributed by atoms with Crippen LogP contribution in [0.25, 0.3) is 33.3 Å². The van der Waals surface area contributed by atoms with Crippen molar-refractivity contribution in [3.05, 3.63) is 90.1 Å². The molecular weight excluding hydrogens is 560 g/mol. The number of anilines is 1. The number of fused-ring (bicyclic) bond motifs is 1. The fourth-order valence-electron chi connectivity index (χ4n) is 4.80. The number of carbonyl (C=O) groups is 1. The molecule has 0 spiro atoms. The zero-order valence-corrected chi connectivity index (χ0v) is 25.3. The molecule has 0 aliphatic carbocycles. The van der Waals surface area contributed by atoms with E-state index in [1.54, 1.807) is 33.3 Å². The number of hydrogen-bond acceptors (Lipinski definition) is 8. The molecule has 1 atom stereocenters. The monoisotopic (exact) mass is 590 g/mol. The summed E-state index contributed by atoms with van der Waals surface area (Å²) in [6.07, 6.45) is 0. The summed E-state index contributed by atoms with van der Waals surface area (Å²) in [5.74, 6) is 1.15. The molecule has 0 fully saturated rings. The summed E-state index contributed by atoms with van der Waals surface area (Å²) in [4.78, 5) is 22.9. The summed E-state index contributed by atoms with van der Waals surface area (Å²) < 4.78 is 16.7. The van der Waals surface area contributed by atoms with Gasteiger partial charge in [0, 0.05) is 22.2 Å². The van der Waals surface area contributed by atoms with E-state index < -0.39 is 5.25 Å². The lowest BCUT2D eigenvalue weighted by Gasteiger charge is -2.18. The first kappa shape index (κ1) is 29.4. The first-order valence-electron chi connectivity index (χ1n) is 13.5. The van der Waals surface area contributed by atoms with Gasteiger partial charge in [-0.05, 0) is 49.7 Å². The Kier molecular flexibility index (Phi) is 8.79. The number of methoxy groups -OCH3 is 3. The second kappa shape index (κ2) is 12.8. The highest BCUT2D eigenvalue weighted by Crippen LogP contribution is 2.44. The van der Waals surface area contributed by atoms with Crippen LogP contribution >= 0.6 is 11.8 Å². The van der Waals surface area contributed by atoms with Crippen molar-refractivity contribution in [1.82, 2.24) is 9.97 Å². The van der Waals surface area contributed by atoms with E-state index in [1.807, 2.05) is 73.7 Å². The third kappa shape index (κ3) is 6.10. The molecule has 0 saturated carbocycles. The zero-order valence-electron chi connectivity index (χ0n) is 24.5.